The summed E-state index contributed by atoms with van der Waals surface area (Å²) in [6.07, 6.45) is 3.55. The third kappa shape index (κ3) is 6.04. The fourth-order valence-electron chi connectivity index (χ4n) is 2.24. The Morgan fingerprint density at radius 2 is 1.96 bits per heavy atom. The van der Waals surface area contributed by atoms with Gasteiger partial charge in [0.05, 0.1) is 5.75 Å². The van der Waals surface area contributed by atoms with Gasteiger partial charge in [-0.25, -0.2) is 0 Å². The average Bonchev–Trinajstić information content (AvgIpc) is 2.50. The Morgan fingerprint density at radius 3 is 2.65 bits per heavy atom. The van der Waals surface area contributed by atoms with Gasteiger partial charge in [0.15, 0.2) is 0 Å². The molecule has 0 atom stereocenters. The maximum atomic E-state index is 12.2. The number of aryl methyl sites for hydroxylation is 1. The van der Waals surface area contributed by atoms with Crippen LogP contribution in [0.4, 0.5) is 5.69 Å². The number of carbonyl (C=O) groups is 1. The lowest BCUT2D eigenvalue weighted by Crippen LogP contribution is -2.18. The van der Waals surface area contributed by atoms with Crippen LogP contribution in [0.3, 0.4) is 0 Å². The van der Waals surface area contributed by atoms with E-state index in [1.165, 1.54) is 11.1 Å². The van der Waals surface area contributed by atoms with Crippen LogP contribution in [-0.2, 0) is 17.1 Å². The predicted molar refractivity (Wildman–Crippen MR) is 97.6 cm³/mol. The number of nitrogens with one attached hydrogen (secondary N) is 1. The zero-order valence-electron chi connectivity index (χ0n) is 13.9. The molecule has 0 spiro atoms. The Labute approximate surface area is 142 Å². The van der Waals surface area contributed by atoms with Crippen molar-refractivity contribution >= 4 is 23.4 Å². The zero-order chi connectivity index (χ0) is 16.7. The van der Waals surface area contributed by atoms with Gasteiger partial charge in [-0.2, -0.15) is 0 Å². The molecule has 0 bridgehead atoms. The van der Waals surface area contributed by atoms with E-state index < -0.39 is 0 Å². The molecule has 1 N–H and O–H groups in total. The van der Waals surface area contributed by atoms with E-state index in [4.69, 9.17) is 0 Å². The third-order valence-electron chi connectivity index (χ3n) is 3.27. The van der Waals surface area contributed by atoms with E-state index in [0.29, 0.717) is 5.75 Å². The molecule has 1 aromatic carbocycles. The van der Waals surface area contributed by atoms with Gasteiger partial charge in [0, 0.05) is 30.4 Å². The van der Waals surface area contributed by atoms with Crippen LogP contribution in [0.25, 0.3) is 0 Å². The van der Waals surface area contributed by atoms with Crippen molar-refractivity contribution in [2.45, 2.75) is 19.2 Å². The summed E-state index contributed by atoms with van der Waals surface area (Å²) in [7, 11) is 4.05. The Hall–Kier alpha value is -1.85. The van der Waals surface area contributed by atoms with E-state index in [2.05, 4.69) is 28.2 Å². The zero-order valence-corrected chi connectivity index (χ0v) is 14.7. The van der Waals surface area contributed by atoms with E-state index in [1.54, 1.807) is 24.2 Å². The van der Waals surface area contributed by atoms with Gasteiger partial charge in [-0.1, -0.05) is 17.7 Å². The molecule has 0 fully saturated rings. The molecule has 1 aromatic heterocycles. The van der Waals surface area contributed by atoms with Crippen molar-refractivity contribution in [3.8, 4) is 0 Å². The van der Waals surface area contributed by atoms with Gasteiger partial charge in [-0.15, -0.1) is 11.8 Å². The first-order valence-corrected chi connectivity index (χ1v) is 8.71. The molecule has 5 heteroatoms. The number of aromatic nitrogens is 1. The van der Waals surface area contributed by atoms with Gasteiger partial charge >= 0.3 is 0 Å². The third-order valence-corrected chi connectivity index (χ3v) is 4.28. The summed E-state index contributed by atoms with van der Waals surface area (Å²) in [6.45, 7) is 2.87. The summed E-state index contributed by atoms with van der Waals surface area (Å²) in [4.78, 5) is 18.3. The molecular formula is C18H23N3OS. The van der Waals surface area contributed by atoms with Crippen molar-refractivity contribution in [2.75, 3.05) is 25.2 Å². The second kappa shape index (κ2) is 8.70. The minimum absolute atomic E-state index is 0.0351. The van der Waals surface area contributed by atoms with E-state index in [9.17, 15) is 4.79 Å². The molecule has 0 saturated carbocycles. The van der Waals surface area contributed by atoms with Crippen molar-refractivity contribution in [2.24, 2.45) is 0 Å². The smallest absolute Gasteiger partial charge is 0.234 e. The number of rotatable bonds is 7. The van der Waals surface area contributed by atoms with Crippen molar-refractivity contribution < 1.29 is 4.79 Å². The molecule has 2 aromatic rings. The van der Waals surface area contributed by atoms with E-state index in [-0.39, 0.29) is 5.91 Å². The van der Waals surface area contributed by atoms with Crippen molar-refractivity contribution in [3.05, 3.63) is 59.4 Å². The van der Waals surface area contributed by atoms with E-state index in [0.717, 1.165) is 23.5 Å². The van der Waals surface area contributed by atoms with Gasteiger partial charge in [0.2, 0.25) is 5.91 Å². The molecule has 0 radical (unpaired) electrons. The highest BCUT2D eigenvalue weighted by Crippen LogP contribution is 2.19. The van der Waals surface area contributed by atoms with Gasteiger partial charge in [-0.3, -0.25) is 9.78 Å². The Kier molecular flexibility index (Phi) is 6.62. The van der Waals surface area contributed by atoms with E-state index in [1.807, 2.05) is 38.4 Å². The highest BCUT2D eigenvalue weighted by atomic mass is 32.2. The van der Waals surface area contributed by atoms with Gasteiger partial charge in [0.1, 0.15) is 0 Å². The maximum Gasteiger partial charge on any atom is 0.234 e. The number of carbonyl (C=O) groups excluding carboxylic acids is 1. The average molecular weight is 329 g/mol. The molecular weight excluding hydrogens is 306 g/mol. The standard InChI is InChI=1S/C18H23N3OS/c1-14-4-5-17(16(10-14)11-21(2)3)20-18(22)13-23-12-15-6-8-19-9-7-15/h4-10H,11-13H2,1-3H3,(H,20,22). The lowest BCUT2D eigenvalue weighted by atomic mass is 10.1. The summed E-state index contributed by atoms with van der Waals surface area (Å²) in [6, 6.07) is 10.1. The first-order chi connectivity index (χ1) is 11.0. The number of hydrogen-bond acceptors (Lipinski definition) is 4. The maximum absolute atomic E-state index is 12.2. The van der Waals surface area contributed by atoms with Gasteiger partial charge in [-0.05, 0) is 50.3 Å². The van der Waals surface area contributed by atoms with Crippen molar-refractivity contribution in [1.82, 2.24) is 9.88 Å². The highest BCUT2D eigenvalue weighted by molar-refractivity contribution is 7.99. The lowest BCUT2D eigenvalue weighted by Gasteiger charge is -2.15. The topological polar surface area (TPSA) is 45.2 Å². The number of amides is 1. The number of pyridine rings is 1. The van der Waals surface area contributed by atoms with Crippen LogP contribution in [-0.4, -0.2) is 35.6 Å². The fourth-order valence-corrected chi connectivity index (χ4v) is 3.03. The molecule has 0 saturated heterocycles. The van der Waals surface area contributed by atoms with Crippen molar-refractivity contribution in [1.29, 1.82) is 0 Å². The molecule has 0 unspecified atom stereocenters. The molecule has 122 valence electrons. The minimum atomic E-state index is 0.0351. The molecule has 0 aliphatic rings. The Bertz CT molecular complexity index is 644. The fraction of sp³-hybridized carbons (Fsp3) is 0.333. The van der Waals surface area contributed by atoms with Crippen LogP contribution in [0.1, 0.15) is 16.7 Å². The minimum Gasteiger partial charge on any atom is -0.325 e. The quantitative estimate of drug-likeness (QED) is 0.846. The van der Waals surface area contributed by atoms with E-state index >= 15 is 0 Å². The number of anilines is 1. The van der Waals surface area contributed by atoms with Crippen LogP contribution in [0.5, 0.6) is 0 Å². The monoisotopic (exact) mass is 329 g/mol. The van der Waals surface area contributed by atoms with Gasteiger partial charge in [0.25, 0.3) is 0 Å². The van der Waals surface area contributed by atoms with Crippen LogP contribution in [0.2, 0.25) is 0 Å². The highest BCUT2D eigenvalue weighted by Gasteiger charge is 2.08. The Morgan fingerprint density at radius 1 is 1.22 bits per heavy atom. The largest absolute Gasteiger partial charge is 0.325 e. The molecule has 4 nitrogen and oxygen atoms in total. The second-order valence-electron chi connectivity index (χ2n) is 5.79. The summed E-state index contributed by atoms with van der Waals surface area (Å²) >= 11 is 1.61. The Balaban J connectivity index is 1.89. The lowest BCUT2D eigenvalue weighted by molar-refractivity contribution is -0.113. The number of hydrogen-bond donors (Lipinski definition) is 1. The molecule has 1 amide bonds. The van der Waals surface area contributed by atoms with Crippen LogP contribution < -0.4 is 5.32 Å². The summed E-state index contributed by atoms with van der Waals surface area (Å²) in [5, 5.41) is 3.03. The number of benzene rings is 1. The SMILES string of the molecule is Cc1ccc(NC(=O)CSCc2ccncc2)c(CN(C)C)c1. The predicted octanol–water partition coefficient (Wildman–Crippen LogP) is 3.32. The van der Waals surface area contributed by atoms with Crippen LogP contribution in [0.15, 0.2) is 42.7 Å². The first kappa shape index (κ1) is 17.5. The molecule has 23 heavy (non-hydrogen) atoms. The van der Waals surface area contributed by atoms with Gasteiger partial charge < -0.3 is 10.2 Å². The molecule has 0 aliphatic heterocycles. The summed E-state index contributed by atoms with van der Waals surface area (Å²) in [5.74, 6) is 1.29. The van der Waals surface area contributed by atoms with Crippen molar-refractivity contribution in [3.63, 3.8) is 0 Å². The number of nitrogens with zero attached hydrogens (tertiary/aromatic N) is 2. The van der Waals surface area contributed by atoms with Crippen LogP contribution >= 0.6 is 11.8 Å². The molecule has 2 rings (SSSR count). The van der Waals surface area contributed by atoms with Crippen LogP contribution in [0, 0.1) is 6.92 Å². The first-order valence-electron chi connectivity index (χ1n) is 7.55. The second-order valence-corrected chi connectivity index (χ2v) is 6.78. The number of thioether (sulfide) groups is 1. The molecule has 1 heterocycles. The molecule has 0 aliphatic carbocycles. The summed E-state index contributed by atoms with van der Waals surface area (Å²) in [5.41, 5.74) is 4.43. The summed E-state index contributed by atoms with van der Waals surface area (Å²) < 4.78 is 0. The normalized spacial score (nSPS) is 10.8.